The maximum absolute atomic E-state index is 13.2. The maximum atomic E-state index is 13.2. The molecule has 1 atom stereocenters. The van der Waals surface area contributed by atoms with Crippen LogP contribution in [0.15, 0.2) is 34.0 Å². The van der Waals surface area contributed by atoms with E-state index >= 15 is 0 Å². The summed E-state index contributed by atoms with van der Waals surface area (Å²) in [5, 5.41) is 7.89. The first-order valence-electron chi connectivity index (χ1n) is 11.3. The summed E-state index contributed by atoms with van der Waals surface area (Å²) in [6, 6.07) is 4.16. The predicted molar refractivity (Wildman–Crippen MR) is 125 cm³/mol. The minimum Gasteiger partial charge on any atom is -0.352 e. The molecular weight excluding hydrogens is 426 g/mol. The topological polar surface area (TPSA) is 64.0 Å². The van der Waals surface area contributed by atoms with E-state index in [1.807, 2.05) is 22.9 Å². The normalized spacial score (nSPS) is 30.0. The largest absolute Gasteiger partial charge is 0.352 e. The highest BCUT2D eigenvalue weighted by molar-refractivity contribution is 7.18. The first-order chi connectivity index (χ1) is 15.0. The molecule has 4 aliphatic carbocycles. The fraction of sp³-hybridized carbons (Fsp3) is 0.542. The summed E-state index contributed by atoms with van der Waals surface area (Å²) in [7, 11) is 0. The van der Waals surface area contributed by atoms with Crippen molar-refractivity contribution < 1.29 is 4.79 Å². The monoisotopic (exact) mass is 453 g/mol. The molecule has 4 saturated carbocycles. The van der Waals surface area contributed by atoms with Crippen LogP contribution in [0.5, 0.6) is 0 Å². The molecule has 162 valence electrons. The van der Waals surface area contributed by atoms with Gasteiger partial charge in [-0.1, -0.05) is 6.07 Å². The quantitative estimate of drug-likeness (QED) is 0.597. The fourth-order valence-electron chi connectivity index (χ4n) is 7.00. The Morgan fingerprint density at radius 2 is 1.94 bits per heavy atom. The van der Waals surface area contributed by atoms with Gasteiger partial charge < -0.3 is 5.32 Å². The summed E-state index contributed by atoms with van der Waals surface area (Å²) in [5.74, 6) is 2.48. The van der Waals surface area contributed by atoms with Gasteiger partial charge in [0.25, 0.3) is 5.56 Å². The highest BCUT2D eigenvalue weighted by atomic mass is 32.1. The van der Waals surface area contributed by atoms with E-state index in [1.54, 1.807) is 11.3 Å². The molecule has 4 fully saturated rings. The highest BCUT2D eigenvalue weighted by Crippen LogP contribution is 2.61. The van der Waals surface area contributed by atoms with Crippen molar-refractivity contribution in [3.8, 4) is 10.4 Å². The van der Waals surface area contributed by atoms with E-state index in [1.165, 1.54) is 60.8 Å². The summed E-state index contributed by atoms with van der Waals surface area (Å²) in [6.07, 6.45) is 9.48. The molecule has 3 heterocycles. The third-order valence-electron chi connectivity index (χ3n) is 8.04. The number of amides is 1. The van der Waals surface area contributed by atoms with E-state index in [0.29, 0.717) is 5.39 Å². The first kappa shape index (κ1) is 19.7. The summed E-state index contributed by atoms with van der Waals surface area (Å²) < 4.78 is 1.47. The number of nitrogens with zero attached hydrogens (tertiary/aromatic N) is 2. The van der Waals surface area contributed by atoms with Crippen molar-refractivity contribution in [2.75, 3.05) is 0 Å². The summed E-state index contributed by atoms with van der Waals surface area (Å²) in [4.78, 5) is 32.4. The zero-order valence-corrected chi connectivity index (χ0v) is 19.3. The van der Waals surface area contributed by atoms with Crippen molar-refractivity contribution in [3.05, 3.63) is 39.6 Å². The highest BCUT2D eigenvalue weighted by Gasteiger charge is 2.53. The lowest BCUT2D eigenvalue weighted by Crippen LogP contribution is -2.56. The molecule has 5 nitrogen and oxygen atoms in total. The van der Waals surface area contributed by atoms with Gasteiger partial charge in [0.2, 0.25) is 5.91 Å². The Balaban J connectivity index is 1.22. The number of nitrogens with one attached hydrogen (secondary N) is 1. The van der Waals surface area contributed by atoms with Gasteiger partial charge in [0.1, 0.15) is 11.4 Å². The molecule has 0 aromatic carbocycles. The van der Waals surface area contributed by atoms with E-state index in [0.717, 1.165) is 33.0 Å². The van der Waals surface area contributed by atoms with Crippen LogP contribution in [0.3, 0.4) is 0 Å². The second-order valence-electron chi connectivity index (χ2n) is 10.1. The van der Waals surface area contributed by atoms with Crippen LogP contribution in [0.4, 0.5) is 0 Å². The first-order valence-corrected chi connectivity index (χ1v) is 13.1. The zero-order valence-electron chi connectivity index (χ0n) is 17.7. The number of hydrogen-bond acceptors (Lipinski definition) is 5. The van der Waals surface area contributed by atoms with Gasteiger partial charge >= 0.3 is 0 Å². The van der Waals surface area contributed by atoms with E-state index in [9.17, 15) is 9.59 Å². The lowest BCUT2D eigenvalue weighted by Gasteiger charge is -2.59. The summed E-state index contributed by atoms with van der Waals surface area (Å²) in [5.41, 5.74) is 1.05. The number of hydrogen-bond donors (Lipinski definition) is 1. The van der Waals surface area contributed by atoms with Gasteiger partial charge in [-0.25, -0.2) is 4.98 Å². The molecule has 3 aromatic rings. The van der Waals surface area contributed by atoms with Crippen molar-refractivity contribution in [2.45, 2.75) is 58.0 Å². The lowest BCUT2D eigenvalue weighted by atomic mass is 9.48. The minimum absolute atomic E-state index is 0.0260. The average molecular weight is 454 g/mol. The fourth-order valence-corrected chi connectivity index (χ4v) is 8.72. The smallest absolute Gasteiger partial charge is 0.263 e. The molecule has 4 aliphatic rings. The SMILES string of the molecule is CC(NC(=O)Cn1cnc2scc(-c3cccs3)c2c1=O)C12CC3CC(CC(C3)C1)C2. The van der Waals surface area contributed by atoms with Crippen molar-refractivity contribution in [2.24, 2.45) is 23.2 Å². The van der Waals surface area contributed by atoms with Gasteiger partial charge in [-0.2, -0.15) is 0 Å². The standard InChI is InChI=1S/C24H27N3O2S2/c1-14(24-8-15-5-16(9-24)7-17(6-15)10-24)26-20(28)11-27-13-25-22-21(23(27)29)18(12-31-22)19-3-2-4-30-19/h2-4,12-17H,5-11H2,1H3,(H,26,28). The van der Waals surface area contributed by atoms with Crippen LogP contribution in [0.25, 0.3) is 20.7 Å². The molecule has 7 rings (SSSR count). The summed E-state index contributed by atoms with van der Waals surface area (Å²) >= 11 is 3.09. The number of carbonyl (C=O) groups is 1. The Morgan fingerprint density at radius 3 is 2.58 bits per heavy atom. The number of carbonyl (C=O) groups excluding carboxylic acids is 1. The van der Waals surface area contributed by atoms with Gasteiger partial charge in [0.05, 0.1) is 11.7 Å². The number of rotatable bonds is 5. The third-order valence-corrected chi connectivity index (χ3v) is 9.83. The van der Waals surface area contributed by atoms with Crippen molar-refractivity contribution in [3.63, 3.8) is 0 Å². The van der Waals surface area contributed by atoms with E-state index in [-0.39, 0.29) is 29.5 Å². The molecule has 1 amide bonds. The van der Waals surface area contributed by atoms with Crippen LogP contribution in [-0.2, 0) is 11.3 Å². The van der Waals surface area contributed by atoms with Crippen LogP contribution in [-0.4, -0.2) is 21.5 Å². The molecule has 3 aromatic heterocycles. The Labute approximate surface area is 189 Å². The van der Waals surface area contributed by atoms with Crippen LogP contribution >= 0.6 is 22.7 Å². The maximum Gasteiger partial charge on any atom is 0.263 e. The number of thiophene rings is 2. The van der Waals surface area contributed by atoms with Gasteiger partial charge in [0, 0.05) is 21.9 Å². The van der Waals surface area contributed by atoms with Gasteiger partial charge in [-0.15, -0.1) is 22.7 Å². The van der Waals surface area contributed by atoms with Crippen molar-refractivity contribution in [1.29, 1.82) is 0 Å². The van der Waals surface area contributed by atoms with Gasteiger partial charge in [-0.05, 0) is 80.1 Å². The van der Waals surface area contributed by atoms with Crippen LogP contribution in [0, 0.1) is 23.2 Å². The van der Waals surface area contributed by atoms with Crippen LogP contribution in [0.2, 0.25) is 0 Å². The van der Waals surface area contributed by atoms with E-state index in [2.05, 4.69) is 17.2 Å². The molecule has 1 N–H and O–H groups in total. The molecule has 0 saturated heterocycles. The second kappa shape index (κ2) is 7.27. The molecule has 0 spiro atoms. The Morgan fingerprint density at radius 1 is 1.23 bits per heavy atom. The number of aromatic nitrogens is 2. The van der Waals surface area contributed by atoms with Crippen molar-refractivity contribution in [1.82, 2.24) is 14.9 Å². The van der Waals surface area contributed by atoms with E-state index in [4.69, 9.17) is 0 Å². The average Bonchev–Trinajstić information content (AvgIpc) is 3.39. The predicted octanol–water partition coefficient (Wildman–Crippen LogP) is 4.91. The Bertz CT molecular complexity index is 1160. The molecule has 7 heteroatoms. The second-order valence-corrected chi connectivity index (χ2v) is 11.9. The molecule has 31 heavy (non-hydrogen) atoms. The van der Waals surface area contributed by atoms with Crippen LogP contribution < -0.4 is 10.9 Å². The van der Waals surface area contributed by atoms with Gasteiger partial charge in [0.15, 0.2) is 0 Å². The van der Waals surface area contributed by atoms with Crippen molar-refractivity contribution >= 4 is 38.8 Å². The number of fused-ring (bicyclic) bond motifs is 1. The molecule has 1 unspecified atom stereocenters. The molecule has 0 radical (unpaired) electrons. The van der Waals surface area contributed by atoms with Gasteiger partial charge in [-0.3, -0.25) is 14.2 Å². The van der Waals surface area contributed by atoms with Crippen LogP contribution in [0.1, 0.15) is 45.4 Å². The zero-order chi connectivity index (χ0) is 21.2. The minimum atomic E-state index is -0.132. The molecule has 4 bridgehead atoms. The summed E-state index contributed by atoms with van der Waals surface area (Å²) in [6.45, 7) is 2.21. The molecular formula is C24H27N3O2S2. The Kier molecular flexibility index (Phi) is 4.62. The molecule has 0 aliphatic heterocycles. The lowest BCUT2D eigenvalue weighted by molar-refractivity contribution is -0.126. The van der Waals surface area contributed by atoms with E-state index < -0.39 is 0 Å². The third kappa shape index (κ3) is 3.28. The Hall–Kier alpha value is -1.99.